The summed E-state index contributed by atoms with van der Waals surface area (Å²) in [5.74, 6) is -1.57. The Morgan fingerprint density at radius 3 is 2.37 bits per heavy atom. The van der Waals surface area contributed by atoms with Gasteiger partial charge in [-0.1, -0.05) is 12.1 Å². The van der Waals surface area contributed by atoms with Crippen molar-refractivity contribution in [2.45, 2.75) is 39.4 Å². The number of likely N-dealkylation sites (N-methyl/N-ethyl adjacent to an activating group) is 1. The summed E-state index contributed by atoms with van der Waals surface area (Å²) in [6.45, 7) is 7.87. The number of nitrogens with zero attached hydrogens (tertiary/aromatic N) is 3. The summed E-state index contributed by atoms with van der Waals surface area (Å²) in [5.41, 5.74) is 3.28. The van der Waals surface area contributed by atoms with Crippen LogP contribution in [0.4, 0.5) is 4.39 Å². The second-order valence-corrected chi connectivity index (χ2v) is 9.63. The third-order valence-electron chi connectivity index (χ3n) is 6.74. The van der Waals surface area contributed by atoms with Gasteiger partial charge in [0.15, 0.2) is 0 Å². The molecule has 1 saturated heterocycles. The van der Waals surface area contributed by atoms with Crippen LogP contribution in [0.2, 0.25) is 0 Å². The van der Waals surface area contributed by atoms with Crippen LogP contribution in [-0.4, -0.2) is 76.5 Å². The van der Waals surface area contributed by atoms with Crippen molar-refractivity contribution >= 4 is 28.5 Å². The Bertz CT molecular complexity index is 1280. The number of aromatic nitrogens is 1. The Labute approximate surface area is 204 Å². The molecule has 0 bridgehead atoms. The van der Waals surface area contributed by atoms with Crippen LogP contribution in [0.25, 0.3) is 10.9 Å². The molecule has 0 spiro atoms. The van der Waals surface area contributed by atoms with Crippen LogP contribution >= 0.6 is 0 Å². The summed E-state index contributed by atoms with van der Waals surface area (Å²) in [6.07, 6.45) is 0. The second kappa shape index (κ2) is 9.62. The molecule has 3 aromatic rings. The first kappa shape index (κ1) is 24.6. The molecule has 4 rings (SSSR count). The van der Waals surface area contributed by atoms with E-state index in [9.17, 15) is 18.8 Å². The second-order valence-electron chi connectivity index (χ2n) is 9.63. The van der Waals surface area contributed by atoms with E-state index in [-0.39, 0.29) is 29.4 Å². The number of hydrogen-bond donors (Lipinski definition) is 1. The molecule has 1 fully saturated rings. The minimum absolute atomic E-state index is 0.0383. The first-order valence-corrected chi connectivity index (χ1v) is 11.7. The van der Waals surface area contributed by atoms with Crippen molar-refractivity contribution in [3.05, 3.63) is 70.7 Å². The van der Waals surface area contributed by atoms with Crippen molar-refractivity contribution in [2.75, 3.05) is 27.2 Å². The van der Waals surface area contributed by atoms with E-state index in [4.69, 9.17) is 0 Å². The number of benzene rings is 2. The number of aromatic amines is 1. The molecule has 1 aliphatic heterocycles. The van der Waals surface area contributed by atoms with Crippen molar-refractivity contribution in [3.8, 4) is 0 Å². The van der Waals surface area contributed by atoms with Crippen LogP contribution in [0, 0.1) is 12.7 Å². The van der Waals surface area contributed by atoms with Gasteiger partial charge in [-0.15, -0.1) is 0 Å². The van der Waals surface area contributed by atoms with Crippen LogP contribution in [0.1, 0.15) is 45.8 Å². The fourth-order valence-electron chi connectivity index (χ4n) is 4.74. The number of carbonyl (C=O) groups is 3. The van der Waals surface area contributed by atoms with Gasteiger partial charge in [-0.25, -0.2) is 4.39 Å². The lowest BCUT2D eigenvalue weighted by atomic mass is 10.0. The predicted octanol–water partition coefficient (Wildman–Crippen LogP) is 3.62. The lowest BCUT2D eigenvalue weighted by Crippen LogP contribution is -2.57. The minimum atomic E-state index is -0.607. The van der Waals surface area contributed by atoms with Crippen molar-refractivity contribution < 1.29 is 18.8 Å². The van der Waals surface area contributed by atoms with Crippen molar-refractivity contribution in [1.29, 1.82) is 0 Å². The van der Waals surface area contributed by atoms with Crippen LogP contribution in [0.5, 0.6) is 0 Å². The zero-order chi connectivity index (χ0) is 25.4. The Balaban J connectivity index is 1.58. The molecule has 1 N–H and O–H groups in total. The van der Waals surface area contributed by atoms with Crippen molar-refractivity contribution in [2.24, 2.45) is 0 Å². The lowest BCUT2D eigenvalue weighted by molar-refractivity contribution is -0.124. The van der Waals surface area contributed by atoms with E-state index in [1.165, 1.54) is 31.1 Å². The highest BCUT2D eigenvalue weighted by molar-refractivity contribution is 6.43. The lowest BCUT2D eigenvalue weighted by Gasteiger charge is -2.44. The number of aryl methyl sites for hydroxylation is 1. The molecule has 0 saturated carbocycles. The summed E-state index contributed by atoms with van der Waals surface area (Å²) < 4.78 is 13.3. The number of nitrogens with one attached hydrogen (secondary N) is 1. The van der Waals surface area contributed by atoms with Crippen LogP contribution < -0.4 is 0 Å². The monoisotopic (exact) mass is 478 g/mol. The highest BCUT2D eigenvalue weighted by Crippen LogP contribution is 2.28. The summed E-state index contributed by atoms with van der Waals surface area (Å²) >= 11 is 0. The number of rotatable bonds is 5. The zero-order valence-corrected chi connectivity index (χ0v) is 20.8. The molecule has 2 atom stereocenters. The standard InChI is InChI=1S/C27H31FN4O3/c1-16-14-32(17(2)13-31(16)15-19-6-9-21(28)10-7-19)26(34)24-18(3)29-23-11-8-20(12-22(23)24)25(33)27(35)30(4)5/h6-12,16-17,29H,13-15H2,1-5H3/t16-,17+/m0/s1. The molecule has 1 aliphatic rings. The Hall–Kier alpha value is -3.52. The predicted molar refractivity (Wildman–Crippen MR) is 133 cm³/mol. The molecule has 184 valence electrons. The molecule has 2 amide bonds. The summed E-state index contributed by atoms with van der Waals surface area (Å²) in [5, 5.41) is 0.638. The van der Waals surface area contributed by atoms with Crippen LogP contribution in [0.3, 0.4) is 0 Å². The molecule has 35 heavy (non-hydrogen) atoms. The fraction of sp³-hybridized carbons (Fsp3) is 0.370. The average molecular weight is 479 g/mol. The Morgan fingerprint density at radius 1 is 1.03 bits per heavy atom. The first-order valence-electron chi connectivity index (χ1n) is 11.7. The van der Waals surface area contributed by atoms with Gasteiger partial charge in [0.25, 0.3) is 11.8 Å². The maximum absolute atomic E-state index is 13.8. The van der Waals surface area contributed by atoms with E-state index >= 15 is 0 Å². The molecular weight excluding hydrogens is 447 g/mol. The minimum Gasteiger partial charge on any atom is -0.358 e. The number of carbonyl (C=O) groups excluding carboxylic acids is 3. The summed E-state index contributed by atoms with van der Waals surface area (Å²) in [7, 11) is 3.07. The van der Waals surface area contributed by atoms with Gasteiger partial charge < -0.3 is 14.8 Å². The van der Waals surface area contributed by atoms with Gasteiger partial charge in [-0.05, 0) is 56.7 Å². The fourth-order valence-corrected chi connectivity index (χ4v) is 4.74. The molecule has 0 aliphatic carbocycles. The van der Waals surface area contributed by atoms with E-state index < -0.39 is 11.7 Å². The number of Topliss-reactive ketones (excluding diaryl/α,β-unsaturated/α-hetero) is 1. The number of halogens is 1. The number of fused-ring (bicyclic) bond motifs is 1. The average Bonchev–Trinajstić information content (AvgIpc) is 3.15. The maximum atomic E-state index is 13.8. The third kappa shape index (κ3) is 4.84. The van der Waals surface area contributed by atoms with Crippen LogP contribution in [-0.2, 0) is 11.3 Å². The van der Waals surface area contributed by atoms with Gasteiger partial charge in [-0.3, -0.25) is 19.3 Å². The normalized spacial score (nSPS) is 18.6. The zero-order valence-electron chi connectivity index (χ0n) is 20.8. The molecule has 2 aromatic carbocycles. The van der Waals surface area contributed by atoms with Gasteiger partial charge >= 0.3 is 0 Å². The third-order valence-corrected chi connectivity index (χ3v) is 6.74. The van der Waals surface area contributed by atoms with Crippen molar-refractivity contribution in [3.63, 3.8) is 0 Å². The molecule has 0 unspecified atom stereocenters. The quantitative estimate of drug-likeness (QED) is 0.449. The SMILES string of the molecule is Cc1[nH]c2ccc(C(=O)C(=O)N(C)C)cc2c1C(=O)N1C[C@H](C)N(Cc2ccc(F)cc2)C[C@H]1C. The first-order chi connectivity index (χ1) is 16.6. The van der Waals surface area contributed by atoms with Gasteiger partial charge in [0.1, 0.15) is 5.82 Å². The van der Waals surface area contributed by atoms with Gasteiger partial charge in [0.05, 0.1) is 5.56 Å². The number of hydrogen-bond acceptors (Lipinski definition) is 4. The Kier molecular flexibility index (Phi) is 6.76. The smallest absolute Gasteiger partial charge is 0.294 e. The number of amides is 2. The number of H-pyrrole nitrogens is 1. The van der Waals surface area contributed by atoms with E-state index in [1.807, 2.05) is 18.7 Å². The maximum Gasteiger partial charge on any atom is 0.294 e. The van der Waals surface area contributed by atoms with Crippen LogP contribution in [0.15, 0.2) is 42.5 Å². The molecular formula is C27H31FN4O3. The largest absolute Gasteiger partial charge is 0.358 e. The van der Waals surface area contributed by atoms with E-state index in [0.717, 1.165) is 16.8 Å². The van der Waals surface area contributed by atoms with E-state index in [1.54, 1.807) is 30.3 Å². The Morgan fingerprint density at radius 2 is 1.71 bits per heavy atom. The topological polar surface area (TPSA) is 76.7 Å². The van der Waals surface area contributed by atoms with Gasteiger partial charge in [-0.2, -0.15) is 0 Å². The number of piperazine rings is 1. The molecule has 0 radical (unpaired) electrons. The number of ketones is 1. The summed E-state index contributed by atoms with van der Waals surface area (Å²) in [6, 6.07) is 11.6. The summed E-state index contributed by atoms with van der Waals surface area (Å²) in [4.78, 5) is 47.2. The molecule has 1 aromatic heterocycles. The molecule has 2 heterocycles. The van der Waals surface area contributed by atoms with Crippen molar-refractivity contribution in [1.82, 2.24) is 19.7 Å². The molecule has 7 nitrogen and oxygen atoms in total. The highest BCUT2D eigenvalue weighted by Gasteiger charge is 2.34. The van der Waals surface area contributed by atoms with Gasteiger partial charge in [0, 0.05) is 68.0 Å². The van der Waals surface area contributed by atoms with E-state index in [0.29, 0.717) is 30.6 Å². The van der Waals surface area contributed by atoms with E-state index in [2.05, 4.69) is 16.8 Å². The highest BCUT2D eigenvalue weighted by atomic mass is 19.1. The molecule has 8 heteroatoms. The van der Waals surface area contributed by atoms with Gasteiger partial charge in [0.2, 0.25) is 5.78 Å².